The van der Waals surface area contributed by atoms with Gasteiger partial charge in [0, 0.05) is 5.69 Å². The molecule has 3 rings (SSSR count). The van der Waals surface area contributed by atoms with Gasteiger partial charge in [-0.25, -0.2) is 9.65 Å². The molecule has 0 unspecified atom stereocenters. The maximum Gasteiger partial charge on any atom is 0.543 e. The van der Waals surface area contributed by atoms with Gasteiger partial charge in [-0.2, -0.15) is 13.2 Å². The van der Waals surface area contributed by atoms with Gasteiger partial charge in [0.15, 0.2) is 5.11 Å². The van der Waals surface area contributed by atoms with E-state index in [0.29, 0.717) is 0 Å². The van der Waals surface area contributed by atoms with E-state index in [1.165, 1.54) is 12.1 Å². The maximum atomic E-state index is 13.3. The van der Waals surface area contributed by atoms with Crippen molar-refractivity contribution in [3.05, 3.63) is 90.5 Å². The number of para-hydroxylation sites is 2. The maximum absolute atomic E-state index is 13.3. The van der Waals surface area contributed by atoms with Crippen LogP contribution in [0.25, 0.3) is 0 Å². The van der Waals surface area contributed by atoms with E-state index in [4.69, 9.17) is 21.3 Å². The molecular weight excluding hydrogens is 436 g/mol. The molecule has 0 atom stereocenters. The van der Waals surface area contributed by atoms with Crippen LogP contribution in [0.1, 0.15) is 5.56 Å². The number of hydrogen-bond acceptors (Lipinski definition) is 4. The molecule has 0 fully saturated rings. The number of anilines is 1. The number of hydrogen-bond donors (Lipinski definition) is 2. The van der Waals surface area contributed by atoms with Crippen molar-refractivity contribution in [3.8, 4) is 11.5 Å². The highest BCUT2D eigenvalue weighted by atomic mass is 32.1. The molecule has 0 spiro atoms. The lowest BCUT2D eigenvalue weighted by atomic mass is 10.2. The SMILES string of the molecule is O=P(NC(=S)Nc1cccc(C(F)(F)F)c1)(Oc1ccccc1)Oc1ccccc1. The summed E-state index contributed by atoms with van der Waals surface area (Å²) in [5, 5.41) is 4.79. The normalized spacial score (nSPS) is 11.4. The minimum atomic E-state index is -4.51. The molecule has 2 N–H and O–H groups in total. The minimum absolute atomic E-state index is 0.0632. The minimum Gasteiger partial charge on any atom is -0.400 e. The van der Waals surface area contributed by atoms with E-state index in [1.54, 1.807) is 60.7 Å². The molecule has 0 radical (unpaired) electrons. The molecule has 0 saturated heterocycles. The lowest BCUT2D eigenvalue weighted by molar-refractivity contribution is -0.137. The molecule has 0 bridgehead atoms. The number of benzene rings is 3. The van der Waals surface area contributed by atoms with Crippen molar-refractivity contribution in [1.29, 1.82) is 0 Å². The molecule has 0 saturated carbocycles. The summed E-state index contributed by atoms with van der Waals surface area (Å²) in [6.07, 6.45) is -4.51. The summed E-state index contributed by atoms with van der Waals surface area (Å²) in [5.74, 6) is 0.511. The first kappa shape index (κ1) is 21.7. The van der Waals surface area contributed by atoms with Crippen LogP contribution in [0.3, 0.4) is 0 Å². The van der Waals surface area contributed by atoms with Gasteiger partial charge in [0.1, 0.15) is 11.5 Å². The molecule has 0 aromatic heterocycles. The van der Waals surface area contributed by atoms with Gasteiger partial charge in [-0.15, -0.1) is 0 Å². The zero-order valence-corrected chi connectivity index (χ0v) is 17.0. The van der Waals surface area contributed by atoms with Crippen molar-refractivity contribution in [2.75, 3.05) is 5.32 Å². The fourth-order valence-corrected chi connectivity index (χ4v) is 4.05. The molecule has 3 aromatic rings. The van der Waals surface area contributed by atoms with Crippen molar-refractivity contribution in [1.82, 2.24) is 5.09 Å². The summed E-state index contributed by atoms with van der Waals surface area (Å²) in [6.45, 7) is 0. The van der Waals surface area contributed by atoms with E-state index >= 15 is 0 Å². The third-order valence-corrected chi connectivity index (χ3v) is 5.38. The van der Waals surface area contributed by atoms with E-state index in [9.17, 15) is 17.7 Å². The smallest absolute Gasteiger partial charge is 0.400 e. The second-order valence-electron chi connectivity index (χ2n) is 5.95. The van der Waals surface area contributed by atoms with Crippen LogP contribution in [0.15, 0.2) is 84.9 Å². The number of halogens is 3. The molecule has 10 heteroatoms. The first-order valence-electron chi connectivity index (χ1n) is 8.59. The van der Waals surface area contributed by atoms with Crippen LogP contribution in [-0.2, 0) is 10.7 Å². The van der Waals surface area contributed by atoms with Gasteiger partial charge >= 0.3 is 13.9 Å². The lowest BCUT2D eigenvalue weighted by Gasteiger charge is -2.22. The Morgan fingerprint density at radius 1 is 0.833 bits per heavy atom. The largest absolute Gasteiger partial charge is 0.543 e. The summed E-state index contributed by atoms with van der Waals surface area (Å²) >= 11 is 5.12. The average molecular weight is 452 g/mol. The molecule has 0 amide bonds. The van der Waals surface area contributed by atoms with Crippen LogP contribution in [0, 0.1) is 0 Å². The van der Waals surface area contributed by atoms with Crippen molar-refractivity contribution in [2.24, 2.45) is 0 Å². The molecule has 0 aliphatic carbocycles. The molecule has 5 nitrogen and oxygen atoms in total. The molecule has 0 heterocycles. The second kappa shape index (κ2) is 9.19. The summed E-state index contributed by atoms with van der Waals surface area (Å²) < 4.78 is 63.0. The Morgan fingerprint density at radius 3 is 1.87 bits per heavy atom. The predicted octanol–water partition coefficient (Wildman–Crippen LogP) is 6.26. The highest BCUT2D eigenvalue weighted by Crippen LogP contribution is 2.44. The first-order chi connectivity index (χ1) is 14.2. The van der Waals surface area contributed by atoms with E-state index in [0.717, 1.165) is 12.1 Å². The Labute approximate surface area is 176 Å². The van der Waals surface area contributed by atoms with E-state index in [-0.39, 0.29) is 22.3 Å². The van der Waals surface area contributed by atoms with Crippen LogP contribution >= 0.6 is 20.0 Å². The van der Waals surface area contributed by atoms with E-state index in [1.807, 2.05) is 0 Å². The van der Waals surface area contributed by atoms with Crippen molar-refractivity contribution in [2.45, 2.75) is 6.18 Å². The number of alkyl halides is 3. The Balaban J connectivity index is 1.78. The predicted molar refractivity (Wildman–Crippen MR) is 113 cm³/mol. The van der Waals surface area contributed by atoms with Gasteiger partial charge in [0.2, 0.25) is 0 Å². The molecule has 3 aromatic carbocycles. The Morgan fingerprint density at radius 2 is 1.37 bits per heavy atom. The summed E-state index contributed by atoms with van der Waals surface area (Å²) in [7, 11) is -4.08. The first-order valence-corrected chi connectivity index (χ1v) is 10.5. The van der Waals surface area contributed by atoms with Gasteiger partial charge in [-0.05, 0) is 54.7 Å². The van der Waals surface area contributed by atoms with Gasteiger partial charge in [-0.3, -0.25) is 0 Å². The quantitative estimate of drug-likeness (QED) is 0.340. The van der Waals surface area contributed by atoms with Gasteiger partial charge in [-0.1, -0.05) is 42.5 Å². The molecule has 0 aliphatic rings. The van der Waals surface area contributed by atoms with Crippen LogP contribution in [0.2, 0.25) is 0 Å². The fourth-order valence-electron chi connectivity index (χ4n) is 2.36. The van der Waals surface area contributed by atoms with Gasteiger partial charge < -0.3 is 14.4 Å². The molecular formula is C20H16F3N2O3PS. The monoisotopic (exact) mass is 452 g/mol. The van der Waals surface area contributed by atoms with Crippen LogP contribution in [0.4, 0.5) is 18.9 Å². The fraction of sp³-hybridized carbons (Fsp3) is 0.0500. The summed E-state index contributed by atoms with van der Waals surface area (Å²) in [5.41, 5.74) is -0.784. The molecule has 30 heavy (non-hydrogen) atoms. The van der Waals surface area contributed by atoms with E-state index in [2.05, 4.69) is 10.4 Å². The Bertz CT molecular complexity index is 1000. The average Bonchev–Trinajstić information content (AvgIpc) is 2.68. The zero-order chi connectivity index (χ0) is 21.6. The summed E-state index contributed by atoms with van der Waals surface area (Å²) in [4.78, 5) is 0. The van der Waals surface area contributed by atoms with E-state index < -0.39 is 19.5 Å². The Kier molecular flexibility index (Phi) is 6.64. The van der Waals surface area contributed by atoms with Crippen molar-refractivity contribution >= 4 is 30.8 Å². The van der Waals surface area contributed by atoms with Crippen LogP contribution in [-0.4, -0.2) is 5.11 Å². The van der Waals surface area contributed by atoms with Crippen molar-refractivity contribution in [3.63, 3.8) is 0 Å². The van der Waals surface area contributed by atoms with Crippen LogP contribution < -0.4 is 19.5 Å². The third-order valence-electron chi connectivity index (χ3n) is 3.62. The van der Waals surface area contributed by atoms with Gasteiger partial charge in [0.25, 0.3) is 0 Å². The lowest BCUT2D eigenvalue weighted by Crippen LogP contribution is -2.29. The molecule has 0 aliphatic heterocycles. The standard InChI is InChI=1S/C20H16F3N2O3PS/c21-20(22,23)15-8-7-9-16(14-15)24-19(30)25-29(26,27-17-10-3-1-4-11-17)28-18-12-5-2-6-13-18/h1-14H,(H2,24,25,26,30). The third kappa shape index (κ3) is 6.23. The zero-order valence-electron chi connectivity index (χ0n) is 15.3. The summed E-state index contributed by atoms with van der Waals surface area (Å²) in [6, 6.07) is 21.0. The van der Waals surface area contributed by atoms with Crippen LogP contribution in [0.5, 0.6) is 11.5 Å². The van der Waals surface area contributed by atoms with Gasteiger partial charge in [0.05, 0.1) is 5.56 Å². The Hall–Kier alpha value is -3.03. The highest BCUT2D eigenvalue weighted by molar-refractivity contribution is 7.81. The number of nitrogens with one attached hydrogen (secondary N) is 2. The highest BCUT2D eigenvalue weighted by Gasteiger charge is 2.32. The number of thiocarbonyl (C=S) groups is 1. The number of rotatable bonds is 6. The topological polar surface area (TPSA) is 59.6 Å². The van der Waals surface area contributed by atoms with Crippen molar-refractivity contribution < 1.29 is 26.8 Å². The second-order valence-corrected chi connectivity index (χ2v) is 7.94. The molecule has 156 valence electrons.